The highest BCUT2D eigenvalue weighted by atomic mass is 16.1. The summed E-state index contributed by atoms with van der Waals surface area (Å²) >= 11 is 0. The summed E-state index contributed by atoms with van der Waals surface area (Å²) in [6.07, 6.45) is 5.51. The summed E-state index contributed by atoms with van der Waals surface area (Å²) in [7, 11) is 0. The van der Waals surface area contributed by atoms with E-state index in [1.54, 1.807) is 0 Å². The molecule has 0 saturated carbocycles. The second kappa shape index (κ2) is 8.70. The first-order valence-electron chi connectivity index (χ1n) is 6.85. The number of rotatable bonds is 8. The fraction of sp³-hybridized carbons (Fsp3) is 0.533. The van der Waals surface area contributed by atoms with E-state index in [-0.39, 0.29) is 5.91 Å². The maximum atomic E-state index is 11.9. The smallest absolute Gasteiger partial charge is 0.251 e. The van der Waals surface area contributed by atoms with Crippen LogP contribution >= 0.6 is 0 Å². The summed E-state index contributed by atoms with van der Waals surface area (Å²) < 4.78 is 0. The number of benzene rings is 1. The van der Waals surface area contributed by atoms with Gasteiger partial charge in [-0.1, -0.05) is 38.3 Å². The van der Waals surface area contributed by atoms with Crippen molar-refractivity contribution in [3.8, 4) is 0 Å². The van der Waals surface area contributed by atoms with Crippen LogP contribution < -0.4 is 11.1 Å². The lowest BCUT2D eigenvalue weighted by Crippen LogP contribution is -2.24. The highest BCUT2D eigenvalue weighted by molar-refractivity contribution is 5.94. The number of carbonyl (C=O) groups excluding carboxylic acids is 1. The molecular formula is C15H24N2O. The molecule has 1 aromatic carbocycles. The standard InChI is InChI=1S/C15H24N2O/c1-2-3-4-5-11-17-15(18)14-8-6-7-13(12-14)9-10-16/h6-8,12H,2-5,9-11,16H2,1H3,(H,17,18). The van der Waals surface area contributed by atoms with Gasteiger partial charge in [0, 0.05) is 12.1 Å². The predicted molar refractivity (Wildman–Crippen MR) is 75.7 cm³/mol. The van der Waals surface area contributed by atoms with Crippen molar-refractivity contribution in [1.29, 1.82) is 0 Å². The molecule has 0 aliphatic carbocycles. The predicted octanol–water partition coefficient (Wildman–Crippen LogP) is 2.50. The summed E-state index contributed by atoms with van der Waals surface area (Å²) in [5.41, 5.74) is 7.37. The van der Waals surface area contributed by atoms with Crippen molar-refractivity contribution in [2.75, 3.05) is 13.1 Å². The fourth-order valence-electron chi connectivity index (χ4n) is 1.89. The van der Waals surface area contributed by atoms with E-state index < -0.39 is 0 Å². The molecule has 3 nitrogen and oxygen atoms in total. The summed E-state index contributed by atoms with van der Waals surface area (Å²) in [6, 6.07) is 7.69. The van der Waals surface area contributed by atoms with Crippen molar-refractivity contribution in [1.82, 2.24) is 5.32 Å². The molecule has 0 heterocycles. The molecule has 0 atom stereocenters. The summed E-state index contributed by atoms with van der Waals surface area (Å²) in [5, 5.41) is 2.96. The highest BCUT2D eigenvalue weighted by Gasteiger charge is 2.04. The fourth-order valence-corrected chi connectivity index (χ4v) is 1.89. The zero-order chi connectivity index (χ0) is 13.2. The molecule has 0 spiro atoms. The Morgan fingerprint density at radius 1 is 1.28 bits per heavy atom. The van der Waals surface area contributed by atoms with Gasteiger partial charge in [0.05, 0.1) is 0 Å². The molecule has 1 amide bonds. The molecule has 0 radical (unpaired) electrons. The van der Waals surface area contributed by atoms with Gasteiger partial charge >= 0.3 is 0 Å². The highest BCUT2D eigenvalue weighted by Crippen LogP contribution is 2.06. The van der Waals surface area contributed by atoms with Crippen LogP contribution in [0.25, 0.3) is 0 Å². The van der Waals surface area contributed by atoms with Gasteiger partial charge in [-0.05, 0) is 37.1 Å². The first-order valence-corrected chi connectivity index (χ1v) is 6.85. The zero-order valence-corrected chi connectivity index (χ0v) is 11.2. The van der Waals surface area contributed by atoms with Gasteiger partial charge in [0.25, 0.3) is 5.91 Å². The van der Waals surface area contributed by atoms with E-state index >= 15 is 0 Å². The average molecular weight is 248 g/mol. The van der Waals surface area contributed by atoms with Crippen LogP contribution in [0, 0.1) is 0 Å². The lowest BCUT2D eigenvalue weighted by atomic mass is 10.1. The monoisotopic (exact) mass is 248 g/mol. The minimum Gasteiger partial charge on any atom is -0.352 e. The van der Waals surface area contributed by atoms with Crippen LogP contribution in [-0.4, -0.2) is 19.0 Å². The normalized spacial score (nSPS) is 10.3. The number of hydrogen-bond acceptors (Lipinski definition) is 2. The molecule has 1 rings (SSSR count). The Balaban J connectivity index is 2.38. The molecule has 3 N–H and O–H groups in total. The summed E-state index contributed by atoms with van der Waals surface area (Å²) in [4.78, 5) is 11.9. The van der Waals surface area contributed by atoms with Gasteiger partial charge in [0.15, 0.2) is 0 Å². The van der Waals surface area contributed by atoms with E-state index in [0.717, 1.165) is 30.5 Å². The van der Waals surface area contributed by atoms with Crippen molar-refractivity contribution in [2.24, 2.45) is 5.73 Å². The summed E-state index contributed by atoms with van der Waals surface area (Å²) in [5.74, 6) is 0.0189. The van der Waals surface area contributed by atoms with Gasteiger partial charge in [-0.3, -0.25) is 4.79 Å². The van der Waals surface area contributed by atoms with Crippen LogP contribution in [0.4, 0.5) is 0 Å². The number of carbonyl (C=O) groups is 1. The number of nitrogens with one attached hydrogen (secondary N) is 1. The SMILES string of the molecule is CCCCCCNC(=O)c1cccc(CCN)c1. The molecule has 100 valence electrons. The first kappa shape index (κ1) is 14.7. The van der Waals surface area contributed by atoms with Crippen LogP contribution in [0.5, 0.6) is 0 Å². The molecule has 18 heavy (non-hydrogen) atoms. The molecule has 0 aliphatic rings. The van der Waals surface area contributed by atoms with Gasteiger partial charge in [-0.2, -0.15) is 0 Å². The van der Waals surface area contributed by atoms with Crippen LogP contribution in [0.1, 0.15) is 48.5 Å². The minimum absolute atomic E-state index is 0.0189. The van der Waals surface area contributed by atoms with Crippen LogP contribution in [0.15, 0.2) is 24.3 Å². The van der Waals surface area contributed by atoms with Gasteiger partial charge in [0.2, 0.25) is 0 Å². The van der Waals surface area contributed by atoms with E-state index in [1.807, 2.05) is 24.3 Å². The topological polar surface area (TPSA) is 55.1 Å². The third-order valence-corrected chi connectivity index (χ3v) is 2.94. The molecule has 0 saturated heterocycles. The summed E-state index contributed by atoms with van der Waals surface area (Å²) in [6.45, 7) is 3.56. The number of hydrogen-bond donors (Lipinski definition) is 2. The van der Waals surface area contributed by atoms with Crippen molar-refractivity contribution in [3.05, 3.63) is 35.4 Å². The molecule has 0 bridgehead atoms. The van der Waals surface area contributed by atoms with Crippen LogP contribution in [0.3, 0.4) is 0 Å². The van der Waals surface area contributed by atoms with Crippen LogP contribution in [-0.2, 0) is 6.42 Å². The van der Waals surface area contributed by atoms with Gasteiger partial charge < -0.3 is 11.1 Å². The largest absolute Gasteiger partial charge is 0.352 e. The average Bonchev–Trinajstić information content (AvgIpc) is 2.39. The van der Waals surface area contributed by atoms with Crippen molar-refractivity contribution >= 4 is 5.91 Å². The van der Waals surface area contributed by atoms with E-state index in [9.17, 15) is 4.79 Å². The van der Waals surface area contributed by atoms with Crippen molar-refractivity contribution in [3.63, 3.8) is 0 Å². The van der Waals surface area contributed by atoms with Crippen molar-refractivity contribution < 1.29 is 4.79 Å². The number of unbranched alkanes of at least 4 members (excludes halogenated alkanes) is 3. The second-order valence-corrected chi connectivity index (χ2v) is 4.56. The lowest BCUT2D eigenvalue weighted by molar-refractivity contribution is 0.0953. The lowest BCUT2D eigenvalue weighted by Gasteiger charge is -2.06. The Bertz CT molecular complexity index is 363. The number of nitrogens with two attached hydrogens (primary N) is 1. The van der Waals surface area contributed by atoms with E-state index in [4.69, 9.17) is 5.73 Å². The van der Waals surface area contributed by atoms with Crippen molar-refractivity contribution in [2.45, 2.75) is 39.0 Å². The Hall–Kier alpha value is -1.35. The molecule has 0 fully saturated rings. The Morgan fingerprint density at radius 2 is 2.11 bits per heavy atom. The van der Waals surface area contributed by atoms with Crippen LogP contribution in [0.2, 0.25) is 0 Å². The van der Waals surface area contributed by atoms with E-state index in [2.05, 4.69) is 12.2 Å². The van der Waals surface area contributed by atoms with Gasteiger partial charge in [-0.15, -0.1) is 0 Å². The zero-order valence-electron chi connectivity index (χ0n) is 11.2. The van der Waals surface area contributed by atoms with E-state index in [1.165, 1.54) is 19.3 Å². The maximum absolute atomic E-state index is 11.9. The first-order chi connectivity index (χ1) is 8.77. The van der Waals surface area contributed by atoms with E-state index in [0.29, 0.717) is 6.54 Å². The second-order valence-electron chi connectivity index (χ2n) is 4.56. The third-order valence-electron chi connectivity index (χ3n) is 2.94. The Morgan fingerprint density at radius 3 is 2.83 bits per heavy atom. The molecule has 0 aliphatic heterocycles. The molecule has 0 unspecified atom stereocenters. The quantitative estimate of drug-likeness (QED) is 0.694. The maximum Gasteiger partial charge on any atom is 0.251 e. The Kier molecular flexibility index (Phi) is 7.11. The molecular weight excluding hydrogens is 224 g/mol. The molecule has 3 heteroatoms. The number of amides is 1. The Labute approximate surface area is 110 Å². The van der Waals surface area contributed by atoms with Gasteiger partial charge in [0.1, 0.15) is 0 Å². The minimum atomic E-state index is 0.0189. The van der Waals surface area contributed by atoms with Gasteiger partial charge in [-0.25, -0.2) is 0 Å². The molecule has 0 aromatic heterocycles. The third kappa shape index (κ3) is 5.32. The molecule has 1 aromatic rings.